The number of likely N-dealkylation sites (tertiary alicyclic amines) is 1. The summed E-state index contributed by atoms with van der Waals surface area (Å²) >= 11 is 0. The molecular weight excluding hydrogens is 396 g/mol. The Morgan fingerprint density at radius 1 is 1.29 bits per heavy atom. The zero-order chi connectivity index (χ0) is 22.4. The highest BCUT2D eigenvalue weighted by molar-refractivity contribution is 6.07. The topological polar surface area (TPSA) is 118 Å². The minimum atomic E-state index is -1.00. The largest absolute Gasteiger partial charge is 0.399 e. The second kappa shape index (κ2) is 10.2. The molecule has 1 fully saturated rings. The molecule has 3 N–H and O–H groups in total. The number of rotatable bonds is 6. The van der Waals surface area contributed by atoms with Gasteiger partial charge in [0, 0.05) is 17.9 Å². The van der Waals surface area contributed by atoms with Crippen LogP contribution < -0.4 is 5.73 Å². The number of aliphatic hydroxyl groups is 1. The van der Waals surface area contributed by atoms with E-state index < -0.39 is 18.1 Å². The fraction of sp³-hybridized carbons (Fsp3) is 0.391. The molecule has 1 aliphatic heterocycles. The van der Waals surface area contributed by atoms with Crippen LogP contribution in [0.15, 0.2) is 58.7 Å². The summed E-state index contributed by atoms with van der Waals surface area (Å²) in [7, 11) is 1.41. The molecule has 0 spiro atoms. The number of aliphatic hydroxyl groups excluding tert-OH is 1. The Morgan fingerprint density at radius 3 is 2.65 bits per heavy atom. The van der Waals surface area contributed by atoms with Crippen LogP contribution in [-0.2, 0) is 9.63 Å². The van der Waals surface area contributed by atoms with Crippen molar-refractivity contribution in [2.45, 2.75) is 44.2 Å². The van der Waals surface area contributed by atoms with E-state index in [9.17, 15) is 14.7 Å². The summed E-state index contributed by atoms with van der Waals surface area (Å²) in [6.45, 7) is 1.89. The second-order valence-electron chi connectivity index (χ2n) is 7.57. The van der Waals surface area contributed by atoms with Gasteiger partial charge < -0.3 is 20.6 Å². The number of oxime groups is 1. The lowest BCUT2D eigenvalue weighted by Crippen LogP contribution is -2.41. The number of hydrogen-bond donors (Lipinski definition) is 2. The molecule has 1 heterocycles. The summed E-state index contributed by atoms with van der Waals surface area (Å²) in [6, 6.07) is 6.57. The summed E-state index contributed by atoms with van der Waals surface area (Å²) in [6.07, 6.45) is 8.75. The fourth-order valence-electron chi connectivity index (χ4n) is 3.69. The van der Waals surface area contributed by atoms with Crippen LogP contribution in [0.2, 0.25) is 0 Å². The summed E-state index contributed by atoms with van der Waals surface area (Å²) in [5.74, 6) is -0.750. The summed E-state index contributed by atoms with van der Waals surface area (Å²) in [5, 5.41) is 13.7. The van der Waals surface area contributed by atoms with Crippen LogP contribution in [0.3, 0.4) is 0 Å². The van der Waals surface area contributed by atoms with Crippen molar-refractivity contribution < 1.29 is 19.5 Å². The lowest BCUT2D eigenvalue weighted by Gasteiger charge is -2.22. The number of allylic oxidation sites excluding steroid dienone is 4. The molecule has 0 aromatic heterocycles. The van der Waals surface area contributed by atoms with Gasteiger partial charge in [0.1, 0.15) is 25.1 Å². The molecule has 31 heavy (non-hydrogen) atoms. The van der Waals surface area contributed by atoms with Gasteiger partial charge in [-0.25, -0.2) is 0 Å². The summed E-state index contributed by atoms with van der Waals surface area (Å²) in [5.41, 5.74) is 7.88. The van der Waals surface area contributed by atoms with Crippen molar-refractivity contribution in [1.82, 2.24) is 4.90 Å². The molecule has 0 saturated carbocycles. The van der Waals surface area contributed by atoms with E-state index >= 15 is 0 Å². The number of aliphatic imine (C=N–C) groups is 1. The molecule has 2 unspecified atom stereocenters. The predicted octanol–water partition coefficient (Wildman–Crippen LogP) is 2.16. The number of carbonyl (C=O) groups is 2. The van der Waals surface area contributed by atoms with E-state index in [1.165, 1.54) is 12.0 Å². The minimum absolute atomic E-state index is 0.157. The first kappa shape index (κ1) is 22.4. The predicted molar refractivity (Wildman–Crippen MR) is 119 cm³/mol. The molecule has 2 amide bonds. The van der Waals surface area contributed by atoms with Gasteiger partial charge in [0.15, 0.2) is 0 Å². The molecular formula is C23H28N4O4. The van der Waals surface area contributed by atoms with Crippen molar-refractivity contribution in [3.8, 4) is 0 Å². The normalized spacial score (nSPS) is 23.3. The van der Waals surface area contributed by atoms with E-state index in [1.54, 1.807) is 19.1 Å². The standard InChI is InChI=1S/C23H28N4O4/c1-3-20(28)21(24)25-22(29)19-13-18(26-31-2)14-27(19)23(30)17-11-9-16(10-12-17)15-7-5-4-6-8-15/h4-7,9-12,15,19-20,28H,3,8,13-14H2,1-2H3,(H2,24,25,29)/t15?,19-,20?/m0/s1. The average Bonchev–Trinajstić information content (AvgIpc) is 3.23. The number of hydrogen-bond acceptors (Lipinski definition) is 5. The lowest BCUT2D eigenvalue weighted by molar-refractivity contribution is -0.121. The maximum Gasteiger partial charge on any atom is 0.270 e. The van der Waals surface area contributed by atoms with Crippen molar-refractivity contribution in [3.05, 3.63) is 59.7 Å². The zero-order valence-corrected chi connectivity index (χ0v) is 17.8. The van der Waals surface area contributed by atoms with Crippen LogP contribution in [0.4, 0.5) is 0 Å². The summed E-state index contributed by atoms with van der Waals surface area (Å²) in [4.78, 5) is 36.0. The third-order valence-electron chi connectivity index (χ3n) is 5.46. The Hall–Kier alpha value is -3.26. The third kappa shape index (κ3) is 5.27. The lowest BCUT2D eigenvalue weighted by atomic mass is 9.92. The molecule has 0 bridgehead atoms. The van der Waals surface area contributed by atoms with E-state index in [4.69, 9.17) is 10.6 Å². The SMILES string of the molecule is CCC(O)C(N)=NC(=O)[C@@H]1CC(=NOC)CN1C(=O)c1ccc(C2C=CC=CC2)cc1. The highest BCUT2D eigenvalue weighted by atomic mass is 16.6. The Bertz CT molecular complexity index is 933. The van der Waals surface area contributed by atoms with Crippen LogP contribution in [0, 0.1) is 0 Å². The van der Waals surface area contributed by atoms with Gasteiger partial charge in [-0.3, -0.25) is 9.59 Å². The zero-order valence-electron chi connectivity index (χ0n) is 17.8. The van der Waals surface area contributed by atoms with Crippen LogP contribution in [0.25, 0.3) is 0 Å². The van der Waals surface area contributed by atoms with Crippen molar-refractivity contribution in [2.24, 2.45) is 15.9 Å². The molecule has 8 nitrogen and oxygen atoms in total. The molecule has 1 saturated heterocycles. The van der Waals surface area contributed by atoms with Crippen molar-refractivity contribution >= 4 is 23.4 Å². The number of amidine groups is 1. The number of nitrogens with two attached hydrogens (primary N) is 1. The minimum Gasteiger partial charge on any atom is -0.399 e. The first-order valence-electron chi connectivity index (χ1n) is 10.3. The Labute approximate surface area is 181 Å². The Morgan fingerprint density at radius 2 is 2.03 bits per heavy atom. The Kier molecular flexibility index (Phi) is 7.36. The van der Waals surface area contributed by atoms with Crippen LogP contribution in [-0.4, -0.2) is 59.2 Å². The van der Waals surface area contributed by atoms with Gasteiger partial charge in [0.2, 0.25) is 0 Å². The van der Waals surface area contributed by atoms with Gasteiger partial charge in [-0.15, -0.1) is 0 Å². The van der Waals surface area contributed by atoms with Gasteiger partial charge in [-0.05, 0) is 30.5 Å². The number of carbonyl (C=O) groups excluding carboxylic acids is 2. The molecule has 2 aliphatic rings. The number of amides is 2. The maximum atomic E-state index is 13.2. The van der Waals surface area contributed by atoms with Crippen molar-refractivity contribution in [3.63, 3.8) is 0 Å². The summed E-state index contributed by atoms with van der Waals surface area (Å²) < 4.78 is 0. The molecule has 1 aliphatic carbocycles. The molecule has 3 atom stereocenters. The highest BCUT2D eigenvalue weighted by Gasteiger charge is 2.38. The highest BCUT2D eigenvalue weighted by Crippen LogP contribution is 2.26. The second-order valence-corrected chi connectivity index (χ2v) is 7.57. The van der Waals surface area contributed by atoms with Gasteiger partial charge in [0.05, 0.1) is 12.3 Å². The monoisotopic (exact) mass is 424 g/mol. The van der Waals surface area contributed by atoms with Gasteiger partial charge >= 0.3 is 0 Å². The molecule has 0 radical (unpaired) electrons. The van der Waals surface area contributed by atoms with E-state index in [0.29, 0.717) is 17.7 Å². The maximum absolute atomic E-state index is 13.2. The molecule has 8 heteroatoms. The van der Waals surface area contributed by atoms with E-state index in [-0.39, 0.29) is 30.6 Å². The van der Waals surface area contributed by atoms with Crippen molar-refractivity contribution in [1.29, 1.82) is 0 Å². The van der Waals surface area contributed by atoms with Crippen LogP contribution in [0.5, 0.6) is 0 Å². The van der Waals surface area contributed by atoms with Gasteiger partial charge in [-0.2, -0.15) is 4.99 Å². The van der Waals surface area contributed by atoms with Gasteiger partial charge in [0.25, 0.3) is 11.8 Å². The molecule has 1 aromatic rings. The smallest absolute Gasteiger partial charge is 0.270 e. The molecule has 3 rings (SSSR count). The molecule has 164 valence electrons. The van der Waals surface area contributed by atoms with Gasteiger partial charge in [-0.1, -0.05) is 48.5 Å². The van der Waals surface area contributed by atoms with E-state index in [2.05, 4.69) is 22.3 Å². The third-order valence-corrected chi connectivity index (χ3v) is 5.46. The van der Waals surface area contributed by atoms with Crippen molar-refractivity contribution in [2.75, 3.05) is 13.7 Å². The number of benzene rings is 1. The van der Waals surface area contributed by atoms with E-state index in [1.807, 2.05) is 24.3 Å². The van der Waals surface area contributed by atoms with Crippen LogP contribution >= 0.6 is 0 Å². The first-order chi connectivity index (χ1) is 14.9. The van der Waals surface area contributed by atoms with Crippen LogP contribution in [0.1, 0.15) is 48.0 Å². The average molecular weight is 425 g/mol. The molecule has 1 aromatic carbocycles. The quantitative estimate of drug-likeness (QED) is 0.412. The Balaban J connectivity index is 1.81. The first-order valence-corrected chi connectivity index (χ1v) is 10.3. The van der Waals surface area contributed by atoms with E-state index in [0.717, 1.165) is 12.0 Å². The number of nitrogens with zero attached hydrogens (tertiary/aromatic N) is 3. The fourth-order valence-corrected chi connectivity index (χ4v) is 3.69.